The van der Waals surface area contributed by atoms with Crippen molar-refractivity contribution in [3.05, 3.63) is 71.3 Å². The number of esters is 1. The van der Waals surface area contributed by atoms with Crippen LogP contribution in [0.4, 0.5) is 0 Å². The molecule has 1 N–H and O–H groups in total. The lowest BCUT2D eigenvalue weighted by Gasteiger charge is -2.35. The first-order valence-electron chi connectivity index (χ1n) is 9.87. The van der Waals surface area contributed by atoms with Crippen LogP contribution in [0.3, 0.4) is 0 Å². The maximum atomic E-state index is 12.8. The molecule has 0 saturated heterocycles. The number of amides is 1. The van der Waals surface area contributed by atoms with E-state index in [4.69, 9.17) is 4.74 Å². The number of aliphatic hydroxyl groups is 1. The Kier molecular flexibility index (Phi) is 5.18. The quantitative estimate of drug-likeness (QED) is 0.830. The molecule has 1 amide bonds. The lowest BCUT2D eigenvalue weighted by Crippen LogP contribution is -2.43. The number of hydrogen-bond donors (Lipinski definition) is 1. The Morgan fingerprint density at radius 3 is 2.46 bits per heavy atom. The first-order valence-corrected chi connectivity index (χ1v) is 9.87. The van der Waals surface area contributed by atoms with E-state index in [1.165, 1.54) is 5.56 Å². The zero-order valence-corrected chi connectivity index (χ0v) is 15.8. The van der Waals surface area contributed by atoms with Crippen molar-refractivity contribution >= 4 is 11.9 Å². The van der Waals surface area contributed by atoms with Gasteiger partial charge in [0.25, 0.3) is 5.91 Å². The van der Waals surface area contributed by atoms with Crippen LogP contribution < -0.4 is 0 Å². The number of ether oxygens (including phenoxy) is 1. The summed E-state index contributed by atoms with van der Waals surface area (Å²) in [6.07, 6.45) is 2.43. The fourth-order valence-electron chi connectivity index (χ4n) is 4.28. The third-order valence-corrected chi connectivity index (χ3v) is 5.89. The van der Waals surface area contributed by atoms with Gasteiger partial charge in [0.2, 0.25) is 0 Å². The molecule has 1 aliphatic heterocycles. The summed E-state index contributed by atoms with van der Waals surface area (Å²) in [4.78, 5) is 26.7. The highest BCUT2D eigenvalue weighted by Crippen LogP contribution is 2.34. The zero-order chi connectivity index (χ0) is 19.6. The Hall–Kier alpha value is -2.66. The van der Waals surface area contributed by atoms with Crippen LogP contribution in [0.5, 0.6) is 0 Å². The van der Waals surface area contributed by atoms with Crippen molar-refractivity contribution in [2.24, 2.45) is 0 Å². The Labute approximate surface area is 164 Å². The van der Waals surface area contributed by atoms with Crippen molar-refractivity contribution in [2.45, 2.75) is 43.7 Å². The third-order valence-electron chi connectivity index (χ3n) is 5.89. The molecule has 1 unspecified atom stereocenters. The van der Waals surface area contributed by atoms with Crippen LogP contribution in [-0.4, -0.2) is 40.6 Å². The van der Waals surface area contributed by atoms with Crippen LogP contribution in [0.1, 0.15) is 48.3 Å². The molecule has 0 bridgehead atoms. The molecule has 1 aliphatic carbocycles. The summed E-state index contributed by atoms with van der Waals surface area (Å²) in [5.41, 5.74) is 2.08. The summed E-state index contributed by atoms with van der Waals surface area (Å²) in [5.74, 6) is -0.814. The molecule has 1 fully saturated rings. The van der Waals surface area contributed by atoms with Crippen molar-refractivity contribution in [1.29, 1.82) is 0 Å². The number of carbonyl (C=O) groups excluding carboxylic acids is 2. The summed E-state index contributed by atoms with van der Waals surface area (Å²) < 4.78 is 5.19. The highest BCUT2D eigenvalue weighted by Gasteiger charge is 2.41. The number of rotatable bonds is 4. The Bertz CT molecular complexity index is 858. The monoisotopic (exact) mass is 379 g/mol. The van der Waals surface area contributed by atoms with Crippen molar-refractivity contribution in [3.63, 3.8) is 0 Å². The molecular weight excluding hydrogens is 354 g/mol. The Morgan fingerprint density at radius 2 is 1.71 bits per heavy atom. The summed E-state index contributed by atoms with van der Waals surface area (Å²) >= 11 is 0. The number of hydrogen-bond acceptors (Lipinski definition) is 4. The predicted octanol–water partition coefficient (Wildman–Crippen LogP) is 3.01. The standard InChI is InChI=1S/C23H25NO4/c25-21(16-28-22(26)23(27)12-6-7-13-23)24-14-18-10-4-5-11-19(18)20(15-24)17-8-2-1-3-9-17/h1-5,8-11,20,27H,6-7,12-16H2. The Balaban J connectivity index is 1.48. The molecule has 0 aromatic heterocycles. The summed E-state index contributed by atoms with van der Waals surface area (Å²) in [6.45, 7) is 0.715. The van der Waals surface area contributed by atoms with Gasteiger partial charge in [-0.2, -0.15) is 0 Å². The van der Waals surface area contributed by atoms with Crippen molar-refractivity contribution in [2.75, 3.05) is 13.2 Å². The molecule has 146 valence electrons. The molecule has 5 nitrogen and oxygen atoms in total. The third kappa shape index (κ3) is 3.67. The van der Waals surface area contributed by atoms with Crippen molar-refractivity contribution in [3.8, 4) is 0 Å². The summed E-state index contributed by atoms with van der Waals surface area (Å²) in [5, 5.41) is 10.3. The highest BCUT2D eigenvalue weighted by molar-refractivity contribution is 5.84. The van der Waals surface area contributed by atoms with E-state index < -0.39 is 11.6 Å². The molecule has 1 heterocycles. The van der Waals surface area contributed by atoms with E-state index in [0.29, 0.717) is 25.9 Å². The first-order chi connectivity index (χ1) is 13.6. The predicted molar refractivity (Wildman–Crippen MR) is 105 cm³/mol. The number of nitrogens with zero attached hydrogens (tertiary/aromatic N) is 1. The smallest absolute Gasteiger partial charge is 0.338 e. The van der Waals surface area contributed by atoms with Crippen molar-refractivity contribution in [1.82, 2.24) is 4.90 Å². The normalized spacial score (nSPS) is 20.5. The van der Waals surface area contributed by atoms with Gasteiger partial charge in [-0.05, 0) is 42.4 Å². The average molecular weight is 379 g/mol. The highest BCUT2D eigenvalue weighted by atomic mass is 16.6. The summed E-state index contributed by atoms with van der Waals surface area (Å²) in [6, 6.07) is 18.3. The van der Waals surface area contributed by atoms with Gasteiger partial charge in [0.1, 0.15) is 0 Å². The first kappa shape index (κ1) is 18.7. The molecule has 1 atom stereocenters. The molecule has 0 spiro atoms. The van der Waals surface area contributed by atoms with Crippen LogP contribution in [0.15, 0.2) is 54.6 Å². The molecule has 4 rings (SSSR count). The van der Waals surface area contributed by atoms with E-state index in [1.54, 1.807) is 4.90 Å². The number of fused-ring (bicyclic) bond motifs is 1. The fraction of sp³-hybridized carbons (Fsp3) is 0.391. The molecule has 2 aromatic carbocycles. The molecule has 28 heavy (non-hydrogen) atoms. The topological polar surface area (TPSA) is 66.8 Å². The van der Waals surface area contributed by atoms with Gasteiger partial charge in [0, 0.05) is 19.0 Å². The minimum atomic E-state index is -1.42. The molecule has 2 aromatic rings. The zero-order valence-electron chi connectivity index (χ0n) is 15.8. The van der Waals surface area contributed by atoms with Gasteiger partial charge in [-0.1, -0.05) is 54.6 Å². The fourth-order valence-corrected chi connectivity index (χ4v) is 4.28. The van der Waals surface area contributed by atoms with Crippen LogP contribution in [0.25, 0.3) is 0 Å². The minimum Gasteiger partial charge on any atom is -0.453 e. The molecule has 2 aliphatic rings. The van der Waals surface area contributed by atoms with Crippen LogP contribution in [0.2, 0.25) is 0 Å². The van der Waals surface area contributed by atoms with Gasteiger partial charge in [0.05, 0.1) is 0 Å². The van der Waals surface area contributed by atoms with Crippen LogP contribution >= 0.6 is 0 Å². The number of carbonyl (C=O) groups is 2. The van der Waals surface area contributed by atoms with Gasteiger partial charge >= 0.3 is 5.97 Å². The lowest BCUT2D eigenvalue weighted by molar-refractivity contribution is -0.168. The second-order valence-electron chi connectivity index (χ2n) is 7.75. The lowest BCUT2D eigenvalue weighted by atomic mass is 9.84. The summed E-state index contributed by atoms with van der Waals surface area (Å²) in [7, 11) is 0. The van der Waals surface area contributed by atoms with Gasteiger partial charge in [-0.15, -0.1) is 0 Å². The van der Waals surface area contributed by atoms with Gasteiger partial charge in [-0.3, -0.25) is 4.79 Å². The number of benzene rings is 2. The second-order valence-corrected chi connectivity index (χ2v) is 7.75. The average Bonchev–Trinajstić information content (AvgIpc) is 3.19. The molecule has 1 saturated carbocycles. The van der Waals surface area contributed by atoms with E-state index in [0.717, 1.165) is 24.0 Å². The van der Waals surface area contributed by atoms with Crippen LogP contribution in [-0.2, 0) is 20.9 Å². The van der Waals surface area contributed by atoms with E-state index in [-0.39, 0.29) is 18.4 Å². The maximum Gasteiger partial charge on any atom is 0.338 e. The SMILES string of the molecule is O=C(COC(=O)C1(O)CCCC1)N1Cc2ccccc2C(c2ccccc2)C1. The van der Waals surface area contributed by atoms with Gasteiger partial charge in [-0.25, -0.2) is 4.79 Å². The van der Waals surface area contributed by atoms with E-state index >= 15 is 0 Å². The largest absolute Gasteiger partial charge is 0.453 e. The van der Waals surface area contributed by atoms with Crippen molar-refractivity contribution < 1.29 is 19.4 Å². The molecule has 0 radical (unpaired) electrons. The van der Waals surface area contributed by atoms with Crippen LogP contribution in [0, 0.1) is 0 Å². The van der Waals surface area contributed by atoms with E-state index in [2.05, 4.69) is 18.2 Å². The minimum absolute atomic E-state index is 0.0878. The van der Waals surface area contributed by atoms with E-state index in [1.807, 2.05) is 36.4 Å². The van der Waals surface area contributed by atoms with Gasteiger partial charge in [0.15, 0.2) is 12.2 Å². The second kappa shape index (κ2) is 7.76. The van der Waals surface area contributed by atoms with E-state index in [9.17, 15) is 14.7 Å². The maximum absolute atomic E-state index is 12.8. The molecule has 5 heteroatoms. The molecular formula is C23H25NO4. The Morgan fingerprint density at radius 1 is 1.04 bits per heavy atom. The van der Waals surface area contributed by atoms with Gasteiger partial charge < -0.3 is 14.7 Å².